The SMILES string of the molecule is CCNC(=NCc1cccnc1OC)NCC(C)(O)c1cnn(C)c1.I. The number of rotatable bonds is 7. The Labute approximate surface area is 171 Å². The number of methoxy groups -OCH3 is 1. The quantitative estimate of drug-likeness (QED) is 0.319. The van der Waals surface area contributed by atoms with Crippen molar-refractivity contribution >= 4 is 29.9 Å². The Morgan fingerprint density at radius 3 is 2.81 bits per heavy atom. The number of nitrogens with zero attached hydrogens (tertiary/aromatic N) is 4. The fourth-order valence-corrected chi connectivity index (χ4v) is 2.29. The van der Waals surface area contributed by atoms with Crippen LogP contribution in [0.1, 0.15) is 25.0 Å². The fraction of sp³-hybridized carbons (Fsp3) is 0.471. The molecule has 0 aliphatic heterocycles. The number of hydrogen-bond donors (Lipinski definition) is 3. The molecule has 2 aromatic rings. The average Bonchev–Trinajstić information content (AvgIpc) is 3.05. The van der Waals surface area contributed by atoms with Crippen LogP contribution in [0.25, 0.3) is 0 Å². The highest BCUT2D eigenvalue weighted by Crippen LogP contribution is 2.18. The van der Waals surface area contributed by atoms with Crippen molar-refractivity contribution in [2.45, 2.75) is 26.0 Å². The van der Waals surface area contributed by atoms with Crippen molar-refractivity contribution < 1.29 is 9.84 Å². The Bertz CT molecular complexity index is 717. The first-order valence-electron chi connectivity index (χ1n) is 8.18. The van der Waals surface area contributed by atoms with Crippen LogP contribution in [-0.2, 0) is 19.2 Å². The molecule has 0 aliphatic carbocycles. The maximum Gasteiger partial charge on any atom is 0.218 e. The number of aromatic nitrogens is 3. The normalized spacial score (nSPS) is 13.5. The lowest BCUT2D eigenvalue weighted by molar-refractivity contribution is 0.0616. The summed E-state index contributed by atoms with van der Waals surface area (Å²) in [6.45, 7) is 5.16. The Balaban J connectivity index is 0.00000338. The topological polar surface area (TPSA) is 96.6 Å². The Kier molecular flexibility index (Phi) is 8.79. The number of pyridine rings is 1. The van der Waals surface area contributed by atoms with Gasteiger partial charge in [0.05, 0.1) is 26.4 Å². The molecule has 26 heavy (non-hydrogen) atoms. The van der Waals surface area contributed by atoms with Crippen LogP contribution in [0.5, 0.6) is 5.88 Å². The molecule has 3 N–H and O–H groups in total. The fourth-order valence-electron chi connectivity index (χ4n) is 2.29. The van der Waals surface area contributed by atoms with E-state index in [4.69, 9.17) is 4.74 Å². The van der Waals surface area contributed by atoms with Crippen LogP contribution >= 0.6 is 24.0 Å². The molecule has 0 saturated carbocycles. The highest BCUT2D eigenvalue weighted by Gasteiger charge is 2.25. The van der Waals surface area contributed by atoms with Gasteiger partial charge in [-0.15, -0.1) is 24.0 Å². The maximum atomic E-state index is 10.7. The Morgan fingerprint density at radius 2 is 2.19 bits per heavy atom. The zero-order chi connectivity index (χ0) is 18.3. The van der Waals surface area contributed by atoms with Gasteiger partial charge in [0.1, 0.15) is 5.60 Å². The minimum Gasteiger partial charge on any atom is -0.481 e. The maximum absolute atomic E-state index is 10.7. The lowest BCUT2D eigenvalue weighted by Crippen LogP contribution is -2.44. The molecule has 9 heteroatoms. The lowest BCUT2D eigenvalue weighted by atomic mass is 10.00. The molecule has 0 amide bonds. The number of halogens is 1. The second-order valence-electron chi connectivity index (χ2n) is 5.90. The highest BCUT2D eigenvalue weighted by molar-refractivity contribution is 14.0. The van der Waals surface area contributed by atoms with E-state index in [1.54, 1.807) is 37.3 Å². The standard InChI is InChI=1S/C17H26N6O2.HI/c1-5-18-16(20-9-13-7-6-8-19-15(13)25-4)21-12-17(2,24)14-10-22-23(3)11-14;/h6-8,10-11,24H,5,9,12H2,1-4H3,(H2,18,20,21);1H. The second-order valence-corrected chi connectivity index (χ2v) is 5.90. The van der Waals surface area contributed by atoms with Crippen LogP contribution in [0.2, 0.25) is 0 Å². The van der Waals surface area contributed by atoms with Crippen LogP contribution in [0.4, 0.5) is 0 Å². The van der Waals surface area contributed by atoms with E-state index < -0.39 is 5.60 Å². The third-order valence-electron chi connectivity index (χ3n) is 3.72. The highest BCUT2D eigenvalue weighted by atomic mass is 127. The number of ether oxygens (including phenoxy) is 1. The van der Waals surface area contributed by atoms with Gasteiger partial charge in [-0.2, -0.15) is 5.10 Å². The summed E-state index contributed by atoms with van der Waals surface area (Å²) in [6.07, 6.45) is 5.14. The molecule has 1 atom stereocenters. The summed E-state index contributed by atoms with van der Waals surface area (Å²) in [7, 11) is 3.41. The first-order valence-corrected chi connectivity index (χ1v) is 8.18. The number of aliphatic imine (C=N–C) groups is 1. The van der Waals surface area contributed by atoms with E-state index in [0.717, 1.165) is 11.1 Å². The van der Waals surface area contributed by atoms with Crippen molar-refractivity contribution in [2.24, 2.45) is 12.0 Å². The zero-order valence-corrected chi connectivity index (χ0v) is 17.9. The van der Waals surface area contributed by atoms with Gasteiger partial charge < -0.3 is 20.5 Å². The van der Waals surface area contributed by atoms with Gasteiger partial charge in [0.15, 0.2) is 5.96 Å². The van der Waals surface area contributed by atoms with Crippen molar-refractivity contribution in [3.63, 3.8) is 0 Å². The van der Waals surface area contributed by atoms with E-state index in [1.165, 1.54) is 0 Å². The predicted molar refractivity (Wildman–Crippen MR) is 112 cm³/mol. The number of hydrogen-bond acceptors (Lipinski definition) is 5. The van der Waals surface area contributed by atoms with Gasteiger partial charge in [0, 0.05) is 37.1 Å². The van der Waals surface area contributed by atoms with Crippen molar-refractivity contribution in [1.29, 1.82) is 0 Å². The molecule has 1 unspecified atom stereocenters. The van der Waals surface area contributed by atoms with Gasteiger partial charge in [0.25, 0.3) is 0 Å². The molecule has 0 aromatic carbocycles. The number of guanidine groups is 1. The summed E-state index contributed by atoms with van der Waals surface area (Å²) in [5.41, 5.74) is 0.574. The van der Waals surface area contributed by atoms with Gasteiger partial charge in [-0.25, -0.2) is 9.98 Å². The Hall–Kier alpha value is -1.88. The summed E-state index contributed by atoms with van der Waals surface area (Å²) in [4.78, 5) is 8.70. The lowest BCUT2D eigenvalue weighted by Gasteiger charge is -2.23. The molecule has 2 rings (SSSR count). The molecule has 0 fully saturated rings. The predicted octanol–water partition coefficient (Wildman–Crippen LogP) is 1.40. The van der Waals surface area contributed by atoms with E-state index in [9.17, 15) is 5.11 Å². The van der Waals surface area contributed by atoms with Crippen LogP contribution in [0.15, 0.2) is 35.7 Å². The number of nitrogens with one attached hydrogen (secondary N) is 2. The Morgan fingerprint density at radius 1 is 1.42 bits per heavy atom. The van der Waals surface area contributed by atoms with Crippen molar-refractivity contribution in [3.05, 3.63) is 41.9 Å². The zero-order valence-electron chi connectivity index (χ0n) is 15.6. The van der Waals surface area contributed by atoms with Gasteiger partial charge in [-0.3, -0.25) is 4.68 Å². The molecule has 2 heterocycles. The third-order valence-corrected chi connectivity index (χ3v) is 3.72. The van der Waals surface area contributed by atoms with Crippen LogP contribution in [-0.4, -0.2) is 46.0 Å². The van der Waals surface area contributed by atoms with Crippen LogP contribution in [0, 0.1) is 0 Å². The van der Waals surface area contributed by atoms with E-state index >= 15 is 0 Å². The van der Waals surface area contributed by atoms with Crippen molar-refractivity contribution in [3.8, 4) is 5.88 Å². The van der Waals surface area contributed by atoms with E-state index in [1.807, 2.05) is 26.1 Å². The van der Waals surface area contributed by atoms with Gasteiger partial charge in [0.2, 0.25) is 5.88 Å². The van der Waals surface area contributed by atoms with E-state index in [2.05, 4.69) is 25.7 Å². The monoisotopic (exact) mass is 474 g/mol. The van der Waals surface area contributed by atoms with Crippen molar-refractivity contribution in [1.82, 2.24) is 25.4 Å². The minimum atomic E-state index is -1.06. The minimum absolute atomic E-state index is 0. The number of aryl methyl sites for hydroxylation is 1. The molecule has 2 aromatic heterocycles. The smallest absolute Gasteiger partial charge is 0.218 e. The molecule has 0 spiro atoms. The molecule has 144 valence electrons. The van der Waals surface area contributed by atoms with Gasteiger partial charge in [-0.1, -0.05) is 6.07 Å². The largest absolute Gasteiger partial charge is 0.481 e. The molecular formula is C17H27IN6O2. The van der Waals surface area contributed by atoms with Crippen LogP contribution < -0.4 is 15.4 Å². The van der Waals surface area contributed by atoms with Crippen molar-refractivity contribution in [2.75, 3.05) is 20.2 Å². The molecule has 0 radical (unpaired) electrons. The summed E-state index contributed by atoms with van der Waals surface area (Å²) in [6, 6.07) is 3.77. The molecule has 0 saturated heterocycles. The second kappa shape index (κ2) is 10.3. The van der Waals surface area contributed by atoms with E-state index in [0.29, 0.717) is 31.5 Å². The van der Waals surface area contributed by atoms with Gasteiger partial charge >= 0.3 is 0 Å². The van der Waals surface area contributed by atoms with Gasteiger partial charge in [-0.05, 0) is 19.9 Å². The summed E-state index contributed by atoms with van der Waals surface area (Å²) in [5.74, 6) is 1.17. The third kappa shape index (κ3) is 6.13. The summed E-state index contributed by atoms with van der Waals surface area (Å²) in [5, 5.41) is 21.1. The molecule has 0 bridgehead atoms. The van der Waals surface area contributed by atoms with E-state index in [-0.39, 0.29) is 24.0 Å². The average molecular weight is 474 g/mol. The van der Waals surface area contributed by atoms with Crippen LogP contribution in [0.3, 0.4) is 0 Å². The first kappa shape index (κ1) is 22.2. The molecule has 0 aliphatic rings. The molecular weight excluding hydrogens is 447 g/mol. The number of aliphatic hydroxyl groups is 1. The molecule has 8 nitrogen and oxygen atoms in total. The summed E-state index contributed by atoms with van der Waals surface area (Å²) >= 11 is 0. The summed E-state index contributed by atoms with van der Waals surface area (Å²) < 4.78 is 6.91. The first-order chi connectivity index (χ1) is 12.0.